The highest BCUT2D eigenvalue weighted by atomic mass is 32.2. The lowest BCUT2D eigenvalue weighted by molar-refractivity contribution is 0.159. The van der Waals surface area contributed by atoms with Gasteiger partial charge in [0, 0.05) is 31.3 Å². The van der Waals surface area contributed by atoms with Crippen LogP contribution in [0.2, 0.25) is 0 Å². The Morgan fingerprint density at radius 1 is 1.22 bits per heavy atom. The summed E-state index contributed by atoms with van der Waals surface area (Å²) < 4.78 is 34.4. The number of benzene rings is 1. The molecule has 1 unspecified atom stereocenters. The van der Waals surface area contributed by atoms with Gasteiger partial charge in [0.2, 0.25) is 0 Å². The molecule has 2 aliphatic heterocycles. The van der Waals surface area contributed by atoms with Crippen molar-refractivity contribution in [2.45, 2.75) is 45.1 Å². The normalized spacial score (nSPS) is 19.2. The highest BCUT2D eigenvalue weighted by molar-refractivity contribution is 7.91. The molecule has 0 aliphatic carbocycles. The van der Waals surface area contributed by atoms with E-state index in [0.29, 0.717) is 18.8 Å². The minimum atomic E-state index is -3.56. The number of unbranched alkanes of at least 4 members (excludes halogenated alkanes) is 1. The molecular formula is C23H28N4O4S. The van der Waals surface area contributed by atoms with Crippen LogP contribution in [0, 0.1) is 0 Å². The third-order valence-electron chi connectivity index (χ3n) is 5.50. The zero-order chi connectivity index (χ0) is 22.4. The summed E-state index contributed by atoms with van der Waals surface area (Å²) in [5.74, 6) is 0.924. The molecule has 0 bridgehead atoms. The van der Waals surface area contributed by atoms with Crippen molar-refractivity contribution >= 4 is 22.1 Å². The van der Waals surface area contributed by atoms with Gasteiger partial charge in [-0.1, -0.05) is 5.16 Å². The first-order chi connectivity index (χ1) is 15.6. The van der Waals surface area contributed by atoms with Crippen LogP contribution >= 0.6 is 0 Å². The van der Waals surface area contributed by atoms with Gasteiger partial charge in [0.1, 0.15) is 12.4 Å². The van der Waals surface area contributed by atoms with Gasteiger partial charge in [-0.05, 0) is 80.5 Å². The number of hydrogen-bond donors (Lipinski definition) is 0. The topological polar surface area (TPSA) is 84.3 Å². The number of pyridine rings is 1. The van der Waals surface area contributed by atoms with Crippen LogP contribution in [0.4, 0.5) is 5.69 Å². The van der Waals surface area contributed by atoms with Gasteiger partial charge in [-0.2, -0.15) is 8.42 Å². The van der Waals surface area contributed by atoms with E-state index >= 15 is 0 Å². The molecular weight excluding hydrogens is 428 g/mol. The summed E-state index contributed by atoms with van der Waals surface area (Å²) in [6, 6.07) is 9.41. The van der Waals surface area contributed by atoms with Gasteiger partial charge >= 0.3 is 10.2 Å². The summed E-state index contributed by atoms with van der Waals surface area (Å²) in [6.07, 6.45) is 12.7. The summed E-state index contributed by atoms with van der Waals surface area (Å²) in [4.78, 5) is 8.96. The average molecular weight is 457 g/mol. The van der Waals surface area contributed by atoms with Crippen LogP contribution in [0.25, 0.3) is 0 Å². The van der Waals surface area contributed by atoms with Crippen LogP contribution in [0.3, 0.4) is 0 Å². The first kappa shape index (κ1) is 22.1. The quantitative estimate of drug-likeness (QED) is 0.325. The Morgan fingerprint density at radius 3 is 2.88 bits per heavy atom. The van der Waals surface area contributed by atoms with Crippen molar-refractivity contribution in [2.75, 3.05) is 17.5 Å². The van der Waals surface area contributed by atoms with Crippen molar-refractivity contribution in [3.63, 3.8) is 0 Å². The number of aryl methyl sites for hydroxylation is 1. The number of ether oxygens (including phenoxy) is 1. The fourth-order valence-electron chi connectivity index (χ4n) is 3.86. The molecule has 170 valence electrons. The highest BCUT2D eigenvalue weighted by Crippen LogP contribution is 2.30. The first-order valence-corrected chi connectivity index (χ1v) is 12.3. The van der Waals surface area contributed by atoms with E-state index in [9.17, 15) is 8.42 Å². The number of rotatable bonds is 9. The van der Waals surface area contributed by atoms with E-state index in [0.717, 1.165) is 43.4 Å². The Hall–Kier alpha value is -3.07. The monoisotopic (exact) mass is 456 g/mol. The molecule has 0 saturated carbocycles. The molecule has 32 heavy (non-hydrogen) atoms. The maximum absolute atomic E-state index is 12.8. The Balaban J connectivity index is 1.24. The van der Waals surface area contributed by atoms with Crippen LogP contribution in [-0.2, 0) is 21.5 Å². The van der Waals surface area contributed by atoms with Gasteiger partial charge in [-0.25, -0.2) is 4.31 Å². The lowest BCUT2D eigenvalue weighted by atomic mass is 9.97. The van der Waals surface area contributed by atoms with Crippen LogP contribution in [-0.4, -0.2) is 43.2 Å². The minimum Gasteiger partial charge on any atom is -0.490 e. The van der Waals surface area contributed by atoms with Crippen molar-refractivity contribution in [3.05, 3.63) is 66.3 Å². The summed E-state index contributed by atoms with van der Waals surface area (Å²) in [5.41, 5.74) is 2.77. The molecule has 0 fully saturated rings. The second kappa shape index (κ2) is 10.0. The lowest BCUT2D eigenvalue weighted by Crippen LogP contribution is -2.33. The van der Waals surface area contributed by atoms with E-state index in [1.54, 1.807) is 43.1 Å². The number of fused-ring (bicyclic) bond motifs is 1. The number of oxime groups is 1. The maximum Gasteiger partial charge on any atom is 0.329 e. The molecule has 8 nitrogen and oxygen atoms in total. The Bertz CT molecular complexity index is 1070. The molecule has 3 heterocycles. The van der Waals surface area contributed by atoms with E-state index in [1.165, 1.54) is 14.2 Å². The van der Waals surface area contributed by atoms with E-state index < -0.39 is 10.2 Å². The van der Waals surface area contributed by atoms with E-state index in [1.807, 2.05) is 19.1 Å². The molecule has 1 aromatic heterocycles. The Morgan fingerprint density at radius 2 is 2.06 bits per heavy atom. The van der Waals surface area contributed by atoms with Gasteiger partial charge < -0.3 is 9.57 Å². The summed E-state index contributed by atoms with van der Waals surface area (Å²) in [6.45, 7) is 2.90. The zero-order valence-electron chi connectivity index (χ0n) is 18.1. The predicted molar refractivity (Wildman–Crippen MR) is 124 cm³/mol. The summed E-state index contributed by atoms with van der Waals surface area (Å²) in [7, 11) is -3.56. The van der Waals surface area contributed by atoms with Gasteiger partial charge in [0.05, 0.1) is 18.0 Å². The van der Waals surface area contributed by atoms with Crippen LogP contribution in [0.15, 0.2) is 60.3 Å². The molecule has 0 amide bonds. The number of anilines is 1. The van der Waals surface area contributed by atoms with Crippen LogP contribution in [0.5, 0.6) is 5.75 Å². The molecule has 1 atom stereocenters. The number of aromatic nitrogens is 1. The molecule has 0 N–H and O–H groups in total. The highest BCUT2D eigenvalue weighted by Gasteiger charge is 2.31. The second-order valence-electron chi connectivity index (χ2n) is 7.71. The lowest BCUT2D eigenvalue weighted by Gasteiger charge is -2.26. The SMILES string of the molecule is CCO/N=C/c1ccc2c(c1)CCC(CCCCN1C=CN(c3ccncc3)S1(=O)=O)O2. The molecule has 0 spiro atoms. The molecule has 2 aromatic rings. The molecule has 0 radical (unpaired) electrons. The molecule has 2 aliphatic rings. The number of nitrogens with zero attached hydrogens (tertiary/aromatic N) is 4. The van der Waals surface area contributed by atoms with Gasteiger partial charge in [0.15, 0.2) is 0 Å². The van der Waals surface area contributed by atoms with E-state index in [-0.39, 0.29) is 6.10 Å². The summed E-state index contributed by atoms with van der Waals surface area (Å²) in [5, 5.41) is 3.92. The second-order valence-corrected chi connectivity index (χ2v) is 9.47. The predicted octanol–water partition coefficient (Wildman–Crippen LogP) is 3.85. The first-order valence-electron chi connectivity index (χ1n) is 10.9. The van der Waals surface area contributed by atoms with Gasteiger partial charge in [0.25, 0.3) is 0 Å². The fourth-order valence-corrected chi connectivity index (χ4v) is 5.25. The largest absolute Gasteiger partial charge is 0.490 e. The third-order valence-corrected chi connectivity index (χ3v) is 7.23. The number of hydrogen-bond acceptors (Lipinski definition) is 6. The van der Waals surface area contributed by atoms with E-state index in [2.05, 4.69) is 16.2 Å². The molecule has 4 rings (SSSR count). The van der Waals surface area contributed by atoms with Gasteiger partial charge in [-0.3, -0.25) is 9.29 Å². The third kappa shape index (κ3) is 5.04. The van der Waals surface area contributed by atoms with Crippen molar-refractivity contribution in [1.29, 1.82) is 0 Å². The van der Waals surface area contributed by atoms with Gasteiger partial charge in [-0.15, -0.1) is 0 Å². The fraction of sp³-hybridized carbons (Fsp3) is 0.391. The molecule has 0 saturated heterocycles. The Kier molecular flexibility index (Phi) is 6.94. The Labute approximate surface area is 189 Å². The minimum absolute atomic E-state index is 0.157. The zero-order valence-corrected chi connectivity index (χ0v) is 18.9. The van der Waals surface area contributed by atoms with E-state index in [4.69, 9.17) is 9.57 Å². The smallest absolute Gasteiger partial charge is 0.329 e. The maximum atomic E-state index is 12.8. The molecule has 1 aromatic carbocycles. The summed E-state index contributed by atoms with van der Waals surface area (Å²) >= 11 is 0. The van der Waals surface area contributed by atoms with Crippen molar-refractivity contribution in [2.24, 2.45) is 5.16 Å². The average Bonchev–Trinajstić information content (AvgIpc) is 3.11. The van der Waals surface area contributed by atoms with Crippen LogP contribution < -0.4 is 9.04 Å². The van der Waals surface area contributed by atoms with Crippen molar-refractivity contribution in [1.82, 2.24) is 9.29 Å². The standard InChI is InChI=1S/C23H28N4O4S/c1-2-30-25-18-19-6-9-23-20(17-19)7-8-22(31-23)5-3-4-14-26-15-16-27(32(26,28)29)21-10-12-24-13-11-21/h6,9-13,15-18,22H,2-5,7-8,14H2,1H3/b25-18+. The van der Waals surface area contributed by atoms with Crippen molar-refractivity contribution in [3.8, 4) is 5.75 Å². The van der Waals surface area contributed by atoms with Crippen molar-refractivity contribution < 1.29 is 18.0 Å². The molecule has 9 heteroatoms. The van der Waals surface area contributed by atoms with Crippen LogP contribution in [0.1, 0.15) is 43.7 Å².